The number of amides is 1. The van der Waals surface area contributed by atoms with Crippen molar-refractivity contribution in [1.82, 2.24) is 0 Å². The largest absolute Gasteiger partial charge is 0.319 e. The normalized spacial score (nSPS) is 16.2. The third kappa shape index (κ3) is 5.83. The Hall–Kier alpha value is -2.89. The fraction of sp³-hybridized carbons (Fsp3) is 0.286. The van der Waals surface area contributed by atoms with E-state index in [0.717, 1.165) is 6.07 Å². The molecule has 1 aliphatic rings. The van der Waals surface area contributed by atoms with Gasteiger partial charge < -0.3 is 9.46 Å². The number of carbonyl (C=O) groups is 2. The standard InChI is InChI=1S/C28H26ClF3NO3P/c1-37(2,36)25-8-4-3-7-21(25)22-11-12-24(27(32)26(22)31)33-13-5-6-18(28(33)35)15-20(34)14-17-9-10-19(29)16-23(17)30/h3-4,7-12,16,18H,5-6,13-15H2,1-2H3/t18-/m0/s1. The molecule has 0 saturated carbocycles. The molecule has 0 bridgehead atoms. The average Bonchev–Trinajstić information content (AvgIpc) is 2.84. The number of benzene rings is 3. The lowest BCUT2D eigenvalue weighted by atomic mass is 9.89. The zero-order valence-electron chi connectivity index (χ0n) is 20.4. The summed E-state index contributed by atoms with van der Waals surface area (Å²) < 4.78 is 57.4. The summed E-state index contributed by atoms with van der Waals surface area (Å²) in [5, 5.41) is 0.653. The van der Waals surface area contributed by atoms with Crippen LogP contribution in [-0.4, -0.2) is 31.6 Å². The van der Waals surface area contributed by atoms with Crippen LogP contribution >= 0.6 is 18.7 Å². The first kappa shape index (κ1) is 27.2. The van der Waals surface area contributed by atoms with Crippen LogP contribution in [0.3, 0.4) is 0 Å². The molecule has 3 aromatic carbocycles. The molecule has 4 rings (SSSR count). The number of anilines is 1. The summed E-state index contributed by atoms with van der Waals surface area (Å²) in [6.07, 6.45) is 0.597. The van der Waals surface area contributed by atoms with Crippen molar-refractivity contribution in [2.45, 2.75) is 25.7 Å². The lowest BCUT2D eigenvalue weighted by Crippen LogP contribution is -2.42. The second-order valence-corrected chi connectivity index (χ2v) is 13.2. The quantitative estimate of drug-likeness (QED) is 0.313. The second-order valence-electron chi connectivity index (χ2n) is 9.61. The molecule has 0 unspecified atom stereocenters. The summed E-state index contributed by atoms with van der Waals surface area (Å²) in [6, 6.07) is 13.3. The number of hydrogen-bond donors (Lipinski definition) is 0. The van der Waals surface area contributed by atoms with Crippen LogP contribution in [0.1, 0.15) is 24.8 Å². The first-order valence-electron chi connectivity index (χ1n) is 11.9. The van der Waals surface area contributed by atoms with E-state index < -0.39 is 36.4 Å². The summed E-state index contributed by atoms with van der Waals surface area (Å²) >= 11 is 5.75. The van der Waals surface area contributed by atoms with Gasteiger partial charge in [-0.2, -0.15) is 0 Å². The van der Waals surface area contributed by atoms with Crippen LogP contribution in [0, 0.1) is 23.4 Å². The highest BCUT2D eigenvalue weighted by Gasteiger charge is 2.34. The molecule has 1 fully saturated rings. The van der Waals surface area contributed by atoms with Gasteiger partial charge in [0.2, 0.25) is 5.91 Å². The Kier molecular flexibility index (Phi) is 7.96. The average molecular weight is 548 g/mol. The minimum absolute atomic E-state index is 0.0399. The smallest absolute Gasteiger partial charge is 0.230 e. The van der Waals surface area contributed by atoms with E-state index in [9.17, 15) is 18.5 Å². The predicted molar refractivity (Wildman–Crippen MR) is 141 cm³/mol. The first-order valence-corrected chi connectivity index (χ1v) is 14.8. The van der Waals surface area contributed by atoms with Gasteiger partial charge in [-0.1, -0.05) is 41.9 Å². The van der Waals surface area contributed by atoms with Crippen LogP contribution in [0.4, 0.5) is 18.9 Å². The van der Waals surface area contributed by atoms with Gasteiger partial charge in [-0.15, -0.1) is 0 Å². The van der Waals surface area contributed by atoms with Crippen LogP contribution in [-0.2, 0) is 20.6 Å². The van der Waals surface area contributed by atoms with Gasteiger partial charge in [0.05, 0.1) is 5.69 Å². The van der Waals surface area contributed by atoms with Crippen molar-refractivity contribution in [3.63, 3.8) is 0 Å². The Morgan fingerprint density at radius 3 is 2.46 bits per heavy atom. The number of piperidine rings is 1. The summed E-state index contributed by atoms with van der Waals surface area (Å²) in [7, 11) is -2.77. The molecule has 3 aromatic rings. The van der Waals surface area contributed by atoms with Gasteiger partial charge in [-0.05, 0) is 61.6 Å². The summed E-state index contributed by atoms with van der Waals surface area (Å²) in [4.78, 5) is 27.0. The second kappa shape index (κ2) is 10.8. The topological polar surface area (TPSA) is 54.5 Å². The Labute approximate surface area is 218 Å². The number of Topliss-reactive ketones (excluding diaryl/α,β-unsaturated/α-hetero) is 1. The van der Waals surface area contributed by atoms with Gasteiger partial charge in [0.25, 0.3) is 0 Å². The van der Waals surface area contributed by atoms with Crippen LogP contribution < -0.4 is 10.2 Å². The van der Waals surface area contributed by atoms with E-state index in [0.29, 0.717) is 23.7 Å². The Morgan fingerprint density at radius 2 is 1.76 bits per heavy atom. The Morgan fingerprint density at radius 1 is 1.03 bits per heavy atom. The molecule has 1 heterocycles. The monoisotopic (exact) mass is 547 g/mol. The molecule has 0 radical (unpaired) electrons. The van der Waals surface area contributed by atoms with E-state index in [2.05, 4.69) is 0 Å². The molecule has 9 heteroatoms. The molecular formula is C28H26ClF3NO3P. The molecule has 0 spiro atoms. The Balaban J connectivity index is 1.56. The van der Waals surface area contributed by atoms with Crippen molar-refractivity contribution in [2.24, 2.45) is 5.92 Å². The zero-order chi connectivity index (χ0) is 26.9. The third-order valence-corrected chi connectivity index (χ3v) is 8.34. The molecule has 1 saturated heterocycles. The van der Waals surface area contributed by atoms with Gasteiger partial charge >= 0.3 is 0 Å². The number of hydrogen-bond acceptors (Lipinski definition) is 3. The molecule has 0 N–H and O–H groups in total. The maximum Gasteiger partial charge on any atom is 0.230 e. The van der Waals surface area contributed by atoms with Gasteiger partial charge in [-0.25, -0.2) is 13.2 Å². The minimum atomic E-state index is -2.77. The van der Waals surface area contributed by atoms with Crippen LogP contribution in [0.2, 0.25) is 5.02 Å². The van der Waals surface area contributed by atoms with Crippen LogP contribution in [0.25, 0.3) is 11.1 Å². The van der Waals surface area contributed by atoms with Crippen molar-refractivity contribution >= 4 is 41.4 Å². The molecule has 194 valence electrons. The van der Waals surface area contributed by atoms with E-state index in [1.165, 1.54) is 29.2 Å². The highest BCUT2D eigenvalue weighted by molar-refractivity contribution is 7.70. The van der Waals surface area contributed by atoms with E-state index in [1.54, 1.807) is 37.6 Å². The van der Waals surface area contributed by atoms with Crippen molar-refractivity contribution < 1.29 is 27.3 Å². The van der Waals surface area contributed by atoms with Crippen molar-refractivity contribution in [3.05, 3.63) is 82.6 Å². The lowest BCUT2D eigenvalue weighted by molar-refractivity contribution is -0.128. The van der Waals surface area contributed by atoms with Crippen LogP contribution in [0.15, 0.2) is 54.6 Å². The van der Waals surface area contributed by atoms with Crippen molar-refractivity contribution in [2.75, 3.05) is 24.8 Å². The number of rotatable bonds is 7. The zero-order valence-corrected chi connectivity index (χ0v) is 22.1. The molecule has 1 amide bonds. The molecule has 0 aliphatic carbocycles. The van der Waals surface area contributed by atoms with E-state index >= 15 is 8.78 Å². The summed E-state index contributed by atoms with van der Waals surface area (Å²) in [5.41, 5.74) is 0.270. The minimum Gasteiger partial charge on any atom is -0.319 e. The number of nitrogens with zero attached hydrogens (tertiary/aromatic N) is 1. The maximum atomic E-state index is 15.3. The fourth-order valence-electron chi connectivity index (χ4n) is 4.73. The van der Waals surface area contributed by atoms with E-state index in [-0.39, 0.29) is 47.0 Å². The van der Waals surface area contributed by atoms with Gasteiger partial charge in [0, 0.05) is 41.2 Å². The SMILES string of the molecule is CP(C)(=O)c1ccccc1-c1ccc(N2CCC[C@@H](CC(=O)Cc3ccc(Cl)cc3F)C2=O)c(F)c1F. The first-order chi connectivity index (χ1) is 17.5. The van der Waals surface area contributed by atoms with Crippen molar-refractivity contribution in [3.8, 4) is 11.1 Å². The van der Waals surface area contributed by atoms with E-state index in [4.69, 9.17) is 11.6 Å². The third-order valence-electron chi connectivity index (χ3n) is 6.55. The Bertz CT molecular complexity index is 1420. The summed E-state index contributed by atoms with van der Waals surface area (Å²) in [6.45, 7) is 3.30. The van der Waals surface area contributed by atoms with E-state index in [1.807, 2.05) is 0 Å². The van der Waals surface area contributed by atoms with Gasteiger partial charge in [0.1, 0.15) is 18.7 Å². The molecule has 4 nitrogen and oxygen atoms in total. The van der Waals surface area contributed by atoms with Gasteiger partial charge in [-0.3, -0.25) is 9.59 Å². The molecule has 1 aliphatic heterocycles. The molecular weight excluding hydrogens is 522 g/mol. The number of carbonyl (C=O) groups excluding carboxylic acids is 2. The molecule has 37 heavy (non-hydrogen) atoms. The van der Waals surface area contributed by atoms with Crippen molar-refractivity contribution in [1.29, 1.82) is 0 Å². The number of halogens is 4. The molecule has 0 aromatic heterocycles. The van der Waals surface area contributed by atoms with Crippen LogP contribution in [0.5, 0.6) is 0 Å². The summed E-state index contributed by atoms with van der Waals surface area (Å²) in [5.74, 6) is -4.44. The van der Waals surface area contributed by atoms with Gasteiger partial charge in [0.15, 0.2) is 11.6 Å². The molecule has 1 atom stereocenters. The maximum absolute atomic E-state index is 15.3. The number of ketones is 1. The highest BCUT2D eigenvalue weighted by atomic mass is 35.5. The fourth-order valence-corrected chi connectivity index (χ4v) is 6.11. The predicted octanol–water partition coefficient (Wildman–Crippen LogP) is 6.62. The lowest BCUT2D eigenvalue weighted by Gasteiger charge is -2.32. The highest BCUT2D eigenvalue weighted by Crippen LogP contribution is 2.41.